The van der Waals surface area contributed by atoms with Crippen LogP contribution < -0.4 is 16.2 Å². The molecule has 5 nitrogen and oxygen atoms in total. The number of nitrogen functional groups attached to an aromatic ring is 1. The van der Waals surface area contributed by atoms with Gasteiger partial charge in [-0.3, -0.25) is 4.79 Å². The molecule has 0 atom stereocenters. The normalized spacial score (nSPS) is 9.95. The van der Waals surface area contributed by atoms with Crippen molar-refractivity contribution < 1.29 is 9.53 Å². The molecule has 6 heteroatoms. The second kappa shape index (κ2) is 5.73. The van der Waals surface area contributed by atoms with Gasteiger partial charge in [-0.1, -0.05) is 17.7 Å². The summed E-state index contributed by atoms with van der Waals surface area (Å²) in [4.78, 5) is 11.5. The van der Waals surface area contributed by atoms with Gasteiger partial charge in [-0.2, -0.15) is 5.26 Å². The average Bonchev–Trinajstić information content (AvgIpc) is 2.43. The number of halogens is 1. The van der Waals surface area contributed by atoms with E-state index in [4.69, 9.17) is 33.1 Å². The largest absolute Gasteiger partial charge is 0.455 e. The minimum atomic E-state index is -0.701. The molecule has 4 N–H and O–H groups in total. The molecule has 0 aromatic heterocycles. The van der Waals surface area contributed by atoms with Crippen LogP contribution in [0.1, 0.15) is 21.5 Å². The van der Waals surface area contributed by atoms with Crippen molar-refractivity contribution in [3.8, 4) is 17.6 Å². The maximum absolute atomic E-state index is 11.5. The first-order chi connectivity index (χ1) is 9.92. The summed E-state index contributed by atoms with van der Waals surface area (Å²) in [5.74, 6) is -0.159. The molecule has 0 radical (unpaired) electrons. The SMILES string of the molecule is Cc1ccc(C#N)cc1Oc1c(Cl)cc(N)cc1C(N)=O. The van der Waals surface area contributed by atoms with Gasteiger partial charge in [0.05, 0.1) is 22.2 Å². The van der Waals surface area contributed by atoms with Crippen LogP contribution in [0, 0.1) is 18.3 Å². The number of nitriles is 1. The molecule has 2 aromatic rings. The third-order valence-electron chi connectivity index (χ3n) is 2.86. The van der Waals surface area contributed by atoms with Gasteiger partial charge in [0.15, 0.2) is 5.75 Å². The van der Waals surface area contributed by atoms with Crippen LogP contribution in [-0.4, -0.2) is 5.91 Å². The fraction of sp³-hybridized carbons (Fsp3) is 0.0667. The van der Waals surface area contributed by atoms with Gasteiger partial charge in [0.25, 0.3) is 5.91 Å². The number of hydrogen-bond acceptors (Lipinski definition) is 4. The predicted molar refractivity (Wildman–Crippen MR) is 80.4 cm³/mol. The zero-order valence-corrected chi connectivity index (χ0v) is 11.9. The fourth-order valence-corrected chi connectivity index (χ4v) is 2.06. The lowest BCUT2D eigenvalue weighted by molar-refractivity contribution is 0.0998. The van der Waals surface area contributed by atoms with Crippen LogP contribution in [0.4, 0.5) is 5.69 Å². The standard InChI is InChI=1S/C15H12ClN3O2/c1-8-2-3-9(7-17)4-13(8)21-14-11(15(19)20)5-10(18)6-12(14)16/h2-6H,18H2,1H3,(H2,19,20). The number of ether oxygens (including phenoxy) is 1. The summed E-state index contributed by atoms with van der Waals surface area (Å²) in [7, 11) is 0. The Hall–Kier alpha value is -2.71. The minimum Gasteiger partial charge on any atom is -0.455 e. The second-order valence-electron chi connectivity index (χ2n) is 4.44. The van der Waals surface area contributed by atoms with Crippen LogP contribution >= 0.6 is 11.6 Å². The van der Waals surface area contributed by atoms with Crippen molar-refractivity contribution in [2.45, 2.75) is 6.92 Å². The number of anilines is 1. The average molecular weight is 302 g/mol. The first kappa shape index (κ1) is 14.7. The van der Waals surface area contributed by atoms with Gasteiger partial charge in [0.2, 0.25) is 0 Å². The number of benzene rings is 2. The molecular weight excluding hydrogens is 290 g/mol. The van der Waals surface area contributed by atoms with Crippen LogP contribution in [0.5, 0.6) is 11.5 Å². The predicted octanol–water partition coefficient (Wildman–Crippen LogP) is 2.99. The highest BCUT2D eigenvalue weighted by Crippen LogP contribution is 2.36. The Morgan fingerprint density at radius 2 is 2.05 bits per heavy atom. The number of carbonyl (C=O) groups excluding carboxylic acids is 1. The minimum absolute atomic E-state index is 0.0850. The number of aryl methyl sites for hydroxylation is 1. The van der Waals surface area contributed by atoms with Crippen LogP contribution in [-0.2, 0) is 0 Å². The monoisotopic (exact) mass is 301 g/mol. The van der Waals surface area contributed by atoms with E-state index in [1.165, 1.54) is 12.1 Å². The van der Waals surface area contributed by atoms with Gasteiger partial charge in [0.1, 0.15) is 5.75 Å². The van der Waals surface area contributed by atoms with Crippen molar-refractivity contribution in [2.24, 2.45) is 5.73 Å². The van der Waals surface area contributed by atoms with E-state index in [9.17, 15) is 4.79 Å². The smallest absolute Gasteiger partial charge is 0.252 e. The molecule has 0 heterocycles. The van der Waals surface area contributed by atoms with Gasteiger partial charge in [-0.15, -0.1) is 0 Å². The summed E-state index contributed by atoms with van der Waals surface area (Å²) in [5.41, 5.74) is 12.6. The van der Waals surface area contributed by atoms with E-state index in [2.05, 4.69) is 0 Å². The lowest BCUT2D eigenvalue weighted by Gasteiger charge is -2.14. The first-order valence-electron chi connectivity index (χ1n) is 6.00. The zero-order valence-electron chi connectivity index (χ0n) is 11.2. The molecular formula is C15H12ClN3O2. The lowest BCUT2D eigenvalue weighted by atomic mass is 10.1. The molecule has 21 heavy (non-hydrogen) atoms. The molecule has 2 aromatic carbocycles. The van der Waals surface area contributed by atoms with Gasteiger partial charge in [0, 0.05) is 5.69 Å². The molecule has 2 rings (SSSR count). The number of hydrogen-bond donors (Lipinski definition) is 2. The summed E-state index contributed by atoms with van der Waals surface area (Å²) in [6, 6.07) is 9.85. The highest BCUT2D eigenvalue weighted by atomic mass is 35.5. The number of primary amides is 1. The number of rotatable bonds is 3. The van der Waals surface area contributed by atoms with Gasteiger partial charge < -0.3 is 16.2 Å². The summed E-state index contributed by atoms with van der Waals surface area (Å²) in [6.07, 6.45) is 0. The lowest BCUT2D eigenvalue weighted by Crippen LogP contribution is -2.13. The fourth-order valence-electron chi connectivity index (χ4n) is 1.79. The molecule has 0 unspecified atom stereocenters. The Kier molecular flexibility index (Phi) is 4.01. The molecule has 1 amide bonds. The Labute approximate surface area is 126 Å². The number of carbonyl (C=O) groups is 1. The van der Waals surface area contributed by atoms with Crippen LogP contribution in [0.2, 0.25) is 5.02 Å². The summed E-state index contributed by atoms with van der Waals surface area (Å²) in [6.45, 7) is 1.81. The molecule has 0 aliphatic heterocycles. The molecule has 0 spiro atoms. The topological polar surface area (TPSA) is 102 Å². The molecule has 0 bridgehead atoms. The van der Waals surface area contributed by atoms with E-state index in [1.54, 1.807) is 18.2 Å². The Bertz CT molecular complexity index is 766. The Morgan fingerprint density at radius 1 is 1.33 bits per heavy atom. The van der Waals surface area contributed by atoms with E-state index >= 15 is 0 Å². The summed E-state index contributed by atoms with van der Waals surface area (Å²) >= 11 is 6.08. The molecule has 0 aliphatic carbocycles. The third-order valence-corrected chi connectivity index (χ3v) is 3.14. The highest BCUT2D eigenvalue weighted by molar-refractivity contribution is 6.33. The van der Waals surface area contributed by atoms with Crippen molar-refractivity contribution in [3.63, 3.8) is 0 Å². The van der Waals surface area contributed by atoms with Crippen molar-refractivity contribution in [2.75, 3.05) is 5.73 Å². The van der Waals surface area contributed by atoms with Gasteiger partial charge in [-0.25, -0.2) is 0 Å². The van der Waals surface area contributed by atoms with E-state index in [0.29, 0.717) is 17.0 Å². The first-order valence-corrected chi connectivity index (χ1v) is 6.37. The van der Waals surface area contributed by atoms with Crippen molar-refractivity contribution >= 4 is 23.2 Å². The van der Waals surface area contributed by atoms with Gasteiger partial charge >= 0.3 is 0 Å². The second-order valence-corrected chi connectivity index (χ2v) is 4.85. The van der Waals surface area contributed by atoms with E-state index in [0.717, 1.165) is 5.56 Å². The van der Waals surface area contributed by atoms with E-state index < -0.39 is 5.91 Å². The molecule has 0 aliphatic rings. The molecule has 0 saturated heterocycles. The number of nitrogens with two attached hydrogens (primary N) is 2. The van der Waals surface area contributed by atoms with Crippen molar-refractivity contribution in [3.05, 3.63) is 52.0 Å². The number of amides is 1. The van der Waals surface area contributed by atoms with Crippen LogP contribution in [0.15, 0.2) is 30.3 Å². The summed E-state index contributed by atoms with van der Waals surface area (Å²) in [5, 5.41) is 9.10. The van der Waals surface area contributed by atoms with E-state index in [1.807, 2.05) is 13.0 Å². The van der Waals surface area contributed by atoms with Crippen molar-refractivity contribution in [1.29, 1.82) is 5.26 Å². The molecule has 106 valence electrons. The van der Waals surface area contributed by atoms with Crippen LogP contribution in [0.25, 0.3) is 0 Å². The number of nitrogens with zero attached hydrogens (tertiary/aromatic N) is 1. The van der Waals surface area contributed by atoms with Gasteiger partial charge in [-0.05, 0) is 36.8 Å². The van der Waals surface area contributed by atoms with E-state index in [-0.39, 0.29) is 16.3 Å². The van der Waals surface area contributed by atoms with Crippen LogP contribution in [0.3, 0.4) is 0 Å². The Balaban J connectivity index is 2.54. The maximum atomic E-state index is 11.5. The third kappa shape index (κ3) is 3.07. The Morgan fingerprint density at radius 3 is 2.67 bits per heavy atom. The maximum Gasteiger partial charge on any atom is 0.252 e. The quantitative estimate of drug-likeness (QED) is 0.851. The highest BCUT2D eigenvalue weighted by Gasteiger charge is 2.16. The molecule has 0 fully saturated rings. The van der Waals surface area contributed by atoms with Crippen molar-refractivity contribution in [1.82, 2.24) is 0 Å². The summed E-state index contributed by atoms with van der Waals surface area (Å²) < 4.78 is 5.69. The zero-order chi connectivity index (χ0) is 15.6. The molecule has 0 saturated carbocycles.